The van der Waals surface area contributed by atoms with Crippen LogP contribution >= 0.6 is 0 Å². The zero-order valence-electron chi connectivity index (χ0n) is 14.4. The number of nitrogens with two attached hydrogens (primary N) is 1. The quantitative estimate of drug-likeness (QED) is 0.662. The number of aryl methyl sites for hydroxylation is 2. The maximum Gasteiger partial charge on any atom is 0.257 e. The maximum atomic E-state index is 12.7. The first-order valence-electron chi connectivity index (χ1n) is 8.20. The van der Waals surface area contributed by atoms with Crippen molar-refractivity contribution in [3.05, 3.63) is 64.8 Å². The van der Waals surface area contributed by atoms with Crippen LogP contribution in [0.15, 0.2) is 42.6 Å². The average Bonchev–Trinajstić information content (AvgIpc) is 2.93. The minimum atomic E-state index is -0.396. The van der Waals surface area contributed by atoms with Crippen LogP contribution < -0.4 is 11.1 Å². The van der Waals surface area contributed by atoms with E-state index in [0.717, 1.165) is 5.56 Å². The lowest BCUT2D eigenvalue weighted by Crippen LogP contribution is -2.39. The fourth-order valence-electron chi connectivity index (χ4n) is 2.88. The van der Waals surface area contributed by atoms with Crippen LogP contribution in [-0.2, 0) is 6.42 Å². The molecule has 6 heteroatoms. The summed E-state index contributed by atoms with van der Waals surface area (Å²) in [6, 6.07) is 11.2. The lowest BCUT2D eigenvalue weighted by Gasteiger charge is -2.17. The highest BCUT2D eigenvalue weighted by Crippen LogP contribution is 2.18. The molecule has 0 aliphatic rings. The zero-order valence-corrected chi connectivity index (χ0v) is 14.4. The smallest absolute Gasteiger partial charge is 0.257 e. The van der Waals surface area contributed by atoms with Crippen LogP contribution in [0.25, 0.3) is 5.52 Å². The van der Waals surface area contributed by atoms with Gasteiger partial charge in [-0.15, -0.1) is 5.10 Å². The molecule has 2 aromatic heterocycles. The lowest BCUT2D eigenvalue weighted by atomic mass is 10.0. The minimum Gasteiger partial charge on any atom is -0.394 e. The van der Waals surface area contributed by atoms with Gasteiger partial charge in [0.15, 0.2) is 5.82 Å². The van der Waals surface area contributed by atoms with Gasteiger partial charge in [-0.3, -0.25) is 4.79 Å². The molecule has 0 saturated carbocycles. The number of carbonyl (C=O) groups is 1. The van der Waals surface area contributed by atoms with Gasteiger partial charge in [0.05, 0.1) is 18.2 Å². The Morgan fingerprint density at radius 1 is 1.28 bits per heavy atom. The van der Waals surface area contributed by atoms with E-state index in [1.165, 1.54) is 11.1 Å². The molecule has 130 valence electrons. The predicted octanol–water partition coefficient (Wildman–Crippen LogP) is 1.87. The number of pyridine rings is 1. The van der Waals surface area contributed by atoms with Crippen LogP contribution in [0.5, 0.6) is 0 Å². The topological polar surface area (TPSA) is 92.6 Å². The second kappa shape index (κ2) is 6.94. The van der Waals surface area contributed by atoms with Crippen LogP contribution in [0.2, 0.25) is 0 Å². The van der Waals surface area contributed by atoms with E-state index in [0.29, 0.717) is 17.5 Å². The van der Waals surface area contributed by atoms with Crippen LogP contribution in [0.4, 0.5) is 5.82 Å². The molecule has 0 bridgehead atoms. The molecule has 25 heavy (non-hydrogen) atoms. The van der Waals surface area contributed by atoms with E-state index in [4.69, 9.17) is 5.73 Å². The summed E-state index contributed by atoms with van der Waals surface area (Å²) in [5, 5.41) is 16.7. The van der Waals surface area contributed by atoms with E-state index in [1.54, 1.807) is 16.8 Å². The highest BCUT2D eigenvalue weighted by atomic mass is 16.3. The van der Waals surface area contributed by atoms with Crippen LogP contribution in [0, 0.1) is 13.8 Å². The van der Waals surface area contributed by atoms with Crippen molar-refractivity contribution in [2.24, 2.45) is 0 Å². The Morgan fingerprint density at radius 3 is 2.80 bits per heavy atom. The average molecular weight is 338 g/mol. The lowest BCUT2D eigenvalue weighted by molar-refractivity contribution is 0.0919. The van der Waals surface area contributed by atoms with E-state index in [2.05, 4.69) is 23.4 Å². The number of nitrogens with zero attached hydrogens (tertiary/aromatic N) is 2. The summed E-state index contributed by atoms with van der Waals surface area (Å²) in [4.78, 5) is 12.7. The second-order valence-corrected chi connectivity index (χ2v) is 6.27. The molecule has 0 radical (unpaired) electrons. The molecule has 1 amide bonds. The molecule has 1 unspecified atom stereocenters. The number of carbonyl (C=O) groups excluding carboxylic acids is 1. The van der Waals surface area contributed by atoms with Gasteiger partial charge in [-0.25, -0.2) is 4.52 Å². The van der Waals surface area contributed by atoms with E-state index >= 15 is 0 Å². The Hall–Kier alpha value is -2.86. The van der Waals surface area contributed by atoms with Crippen molar-refractivity contribution >= 4 is 17.2 Å². The Morgan fingerprint density at radius 2 is 2.08 bits per heavy atom. The van der Waals surface area contributed by atoms with Gasteiger partial charge in [0.2, 0.25) is 0 Å². The number of nitrogens with one attached hydrogen (secondary N) is 1. The Bertz CT molecular complexity index is 917. The fraction of sp³-hybridized carbons (Fsp3) is 0.263. The summed E-state index contributed by atoms with van der Waals surface area (Å²) in [6.45, 7) is 3.95. The summed E-state index contributed by atoms with van der Waals surface area (Å²) < 4.78 is 1.57. The monoisotopic (exact) mass is 338 g/mol. The van der Waals surface area contributed by atoms with Crippen molar-refractivity contribution in [2.75, 3.05) is 12.3 Å². The van der Waals surface area contributed by atoms with Crippen LogP contribution in [-0.4, -0.2) is 33.3 Å². The van der Waals surface area contributed by atoms with Gasteiger partial charge in [0.1, 0.15) is 5.56 Å². The normalized spacial score (nSPS) is 12.3. The SMILES string of the molecule is Cc1ccc(CC(CO)NC(=O)c2c(N)nn3ccccc23)cc1C. The molecule has 0 saturated heterocycles. The molecule has 0 aliphatic heterocycles. The molecular formula is C19H22N4O2. The number of hydrogen-bond acceptors (Lipinski definition) is 4. The van der Waals surface area contributed by atoms with Crippen molar-refractivity contribution in [1.29, 1.82) is 0 Å². The molecule has 4 N–H and O–H groups in total. The molecule has 1 atom stereocenters. The van der Waals surface area contributed by atoms with Gasteiger partial charge < -0.3 is 16.2 Å². The van der Waals surface area contributed by atoms with Gasteiger partial charge in [-0.2, -0.15) is 0 Å². The number of benzene rings is 1. The highest BCUT2D eigenvalue weighted by Gasteiger charge is 2.20. The third-order valence-electron chi connectivity index (χ3n) is 4.40. The molecule has 0 aliphatic carbocycles. The maximum absolute atomic E-state index is 12.7. The summed E-state index contributed by atoms with van der Waals surface area (Å²) in [6.07, 6.45) is 2.28. The van der Waals surface area contributed by atoms with Crippen LogP contribution in [0.3, 0.4) is 0 Å². The van der Waals surface area contributed by atoms with Gasteiger partial charge in [0.25, 0.3) is 5.91 Å². The molecular weight excluding hydrogens is 316 g/mol. The molecule has 6 nitrogen and oxygen atoms in total. The Labute approximate surface area is 146 Å². The number of nitrogen functional groups attached to an aromatic ring is 1. The first-order chi connectivity index (χ1) is 12.0. The predicted molar refractivity (Wildman–Crippen MR) is 97.6 cm³/mol. The van der Waals surface area contributed by atoms with E-state index in [-0.39, 0.29) is 18.3 Å². The number of aromatic nitrogens is 2. The number of anilines is 1. The molecule has 2 heterocycles. The number of aliphatic hydroxyl groups is 1. The number of hydrogen-bond donors (Lipinski definition) is 3. The standard InChI is InChI=1S/C19H22N4O2/c1-12-6-7-14(9-13(12)2)10-15(11-24)21-19(25)17-16-5-3-4-8-23(16)22-18(17)20/h3-9,15,24H,10-11H2,1-2H3,(H2,20,22)(H,21,25). The second-order valence-electron chi connectivity index (χ2n) is 6.27. The largest absolute Gasteiger partial charge is 0.394 e. The minimum absolute atomic E-state index is 0.155. The van der Waals surface area contributed by atoms with Gasteiger partial charge >= 0.3 is 0 Å². The number of rotatable bonds is 5. The molecule has 1 aromatic carbocycles. The van der Waals surface area contributed by atoms with Gasteiger partial charge in [-0.05, 0) is 49.1 Å². The molecule has 0 spiro atoms. The van der Waals surface area contributed by atoms with Crippen molar-refractivity contribution in [2.45, 2.75) is 26.3 Å². The van der Waals surface area contributed by atoms with Crippen LogP contribution in [0.1, 0.15) is 27.0 Å². The van der Waals surface area contributed by atoms with E-state index < -0.39 is 6.04 Å². The summed E-state index contributed by atoms with van der Waals surface area (Å²) in [7, 11) is 0. The van der Waals surface area contributed by atoms with E-state index in [1.807, 2.05) is 31.2 Å². The van der Waals surface area contributed by atoms with Crippen molar-refractivity contribution < 1.29 is 9.90 Å². The third-order valence-corrected chi connectivity index (χ3v) is 4.40. The van der Waals surface area contributed by atoms with Gasteiger partial charge in [0, 0.05) is 6.20 Å². The first-order valence-corrected chi connectivity index (χ1v) is 8.20. The molecule has 3 aromatic rings. The van der Waals surface area contributed by atoms with Crippen molar-refractivity contribution in [1.82, 2.24) is 14.9 Å². The summed E-state index contributed by atoms with van der Waals surface area (Å²) >= 11 is 0. The number of fused-ring (bicyclic) bond motifs is 1. The molecule has 3 rings (SSSR count). The molecule has 0 fully saturated rings. The fourth-order valence-corrected chi connectivity index (χ4v) is 2.88. The Balaban J connectivity index is 1.79. The zero-order chi connectivity index (χ0) is 18.0. The highest BCUT2D eigenvalue weighted by molar-refractivity contribution is 6.05. The van der Waals surface area contributed by atoms with Gasteiger partial charge in [-0.1, -0.05) is 24.3 Å². The van der Waals surface area contributed by atoms with Crippen molar-refractivity contribution in [3.63, 3.8) is 0 Å². The number of aliphatic hydroxyl groups excluding tert-OH is 1. The Kier molecular flexibility index (Phi) is 4.72. The van der Waals surface area contributed by atoms with E-state index in [9.17, 15) is 9.90 Å². The summed E-state index contributed by atoms with van der Waals surface area (Å²) in [5.74, 6) is -0.159. The van der Waals surface area contributed by atoms with Crippen molar-refractivity contribution in [3.8, 4) is 0 Å². The third kappa shape index (κ3) is 3.49. The summed E-state index contributed by atoms with van der Waals surface area (Å²) in [5.41, 5.74) is 10.3. The number of amides is 1. The first kappa shape index (κ1) is 17.0.